The molecule has 0 bridgehead atoms. The average Bonchev–Trinajstić information content (AvgIpc) is 3.00. The van der Waals surface area contributed by atoms with Gasteiger partial charge in [-0.25, -0.2) is 14.4 Å². The number of furan rings is 1. The van der Waals surface area contributed by atoms with Crippen molar-refractivity contribution in [3.8, 4) is 0 Å². The van der Waals surface area contributed by atoms with Crippen molar-refractivity contribution in [3.63, 3.8) is 0 Å². The van der Waals surface area contributed by atoms with Gasteiger partial charge >= 0.3 is 0 Å². The van der Waals surface area contributed by atoms with Crippen LogP contribution in [0.4, 0.5) is 15.9 Å². The van der Waals surface area contributed by atoms with Gasteiger partial charge in [-0.15, -0.1) is 0 Å². The van der Waals surface area contributed by atoms with Crippen LogP contribution in [0.1, 0.15) is 16.1 Å². The van der Waals surface area contributed by atoms with Crippen LogP contribution in [0.15, 0.2) is 28.9 Å². The molecule has 1 aliphatic rings. The summed E-state index contributed by atoms with van der Waals surface area (Å²) in [4.78, 5) is 23.5. The smallest absolute Gasteiger partial charge is 0.260 e. The summed E-state index contributed by atoms with van der Waals surface area (Å²) in [5.41, 5.74) is 0.966. The number of fused-ring (bicyclic) bond motifs is 1. The first kappa shape index (κ1) is 17.7. The number of hydrogen-bond acceptors (Lipinski definition) is 6. The molecular weight excluding hydrogens is 375 g/mol. The SMILES string of the molecule is Cc1oc2ncnc(N3CCOCC3)c2c1C(=O)Nc1ccc(F)cc1Cl. The summed E-state index contributed by atoms with van der Waals surface area (Å²) >= 11 is 6.02. The molecule has 4 rings (SSSR count). The number of aromatic nitrogens is 2. The molecule has 9 heteroatoms. The second kappa shape index (κ2) is 7.13. The Hall–Kier alpha value is -2.71. The van der Waals surface area contributed by atoms with Crippen molar-refractivity contribution < 1.29 is 18.3 Å². The first-order valence-corrected chi connectivity index (χ1v) is 8.75. The van der Waals surface area contributed by atoms with Crippen molar-refractivity contribution in [1.82, 2.24) is 9.97 Å². The van der Waals surface area contributed by atoms with Gasteiger partial charge in [-0.1, -0.05) is 11.6 Å². The number of carbonyl (C=O) groups is 1. The lowest BCUT2D eigenvalue weighted by Crippen LogP contribution is -2.37. The molecule has 7 nitrogen and oxygen atoms in total. The Bertz CT molecular complexity index is 1020. The van der Waals surface area contributed by atoms with Crippen LogP contribution in [-0.2, 0) is 4.74 Å². The van der Waals surface area contributed by atoms with Crippen LogP contribution in [-0.4, -0.2) is 42.2 Å². The van der Waals surface area contributed by atoms with Crippen LogP contribution in [0.3, 0.4) is 0 Å². The summed E-state index contributed by atoms with van der Waals surface area (Å²) in [7, 11) is 0. The number of ether oxygens (including phenoxy) is 1. The summed E-state index contributed by atoms with van der Waals surface area (Å²) in [5.74, 6) is 0.126. The number of hydrogen-bond donors (Lipinski definition) is 1. The van der Waals surface area contributed by atoms with E-state index in [4.69, 9.17) is 20.8 Å². The number of anilines is 2. The first-order chi connectivity index (χ1) is 13.0. The maximum atomic E-state index is 13.2. The molecule has 0 unspecified atom stereocenters. The Morgan fingerprint density at radius 1 is 1.30 bits per heavy atom. The third-order valence-corrected chi connectivity index (χ3v) is 4.67. The Kier molecular flexibility index (Phi) is 4.67. The Labute approximate surface area is 159 Å². The zero-order valence-electron chi connectivity index (χ0n) is 14.5. The van der Waals surface area contributed by atoms with Crippen molar-refractivity contribution in [3.05, 3.63) is 46.7 Å². The molecular formula is C18H16ClFN4O3. The normalized spacial score (nSPS) is 14.6. The van der Waals surface area contributed by atoms with Gasteiger partial charge in [0.1, 0.15) is 23.7 Å². The number of benzene rings is 1. The summed E-state index contributed by atoms with van der Waals surface area (Å²) in [6.07, 6.45) is 1.41. The predicted molar refractivity (Wildman–Crippen MR) is 98.9 cm³/mol. The van der Waals surface area contributed by atoms with Gasteiger partial charge in [-0.2, -0.15) is 0 Å². The van der Waals surface area contributed by atoms with Crippen molar-refractivity contribution in [1.29, 1.82) is 0 Å². The molecule has 1 aromatic carbocycles. The lowest BCUT2D eigenvalue weighted by Gasteiger charge is -2.28. The topological polar surface area (TPSA) is 80.5 Å². The van der Waals surface area contributed by atoms with E-state index in [2.05, 4.69) is 15.3 Å². The molecule has 27 heavy (non-hydrogen) atoms. The number of nitrogens with zero attached hydrogens (tertiary/aromatic N) is 3. The minimum absolute atomic E-state index is 0.110. The third kappa shape index (κ3) is 3.33. The summed E-state index contributed by atoms with van der Waals surface area (Å²) in [6.45, 7) is 4.15. The van der Waals surface area contributed by atoms with Gasteiger partial charge < -0.3 is 19.4 Å². The molecule has 0 atom stereocenters. The quantitative estimate of drug-likeness (QED) is 0.738. The maximum Gasteiger partial charge on any atom is 0.260 e. The van der Waals surface area contributed by atoms with Crippen LogP contribution in [0.25, 0.3) is 11.1 Å². The summed E-state index contributed by atoms with van der Waals surface area (Å²) < 4.78 is 24.3. The van der Waals surface area contributed by atoms with E-state index < -0.39 is 11.7 Å². The molecule has 140 valence electrons. The van der Waals surface area contributed by atoms with E-state index in [1.54, 1.807) is 6.92 Å². The fourth-order valence-electron chi connectivity index (χ4n) is 3.09. The predicted octanol–water partition coefficient (Wildman–Crippen LogP) is 3.41. The number of nitrogens with one attached hydrogen (secondary N) is 1. The molecule has 0 radical (unpaired) electrons. The van der Waals surface area contributed by atoms with E-state index in [-0.39, 0.29) is 5.02 Å². The lowest BCUT2D eigenvalue weighted by molar-refractivity contribution is 0.102. The first-order valence-electron chi connectivity index (χ1n) is 8.38. The van der Waals surface area contributed by atoms with E-state index in [9.17, 15) is 9.18 Å². The number of halogens is 2. The second-order valence-corrected chi connectivity index (χ2v) is 6.50. The molecule has 3 heterocycles. The van der Waals surface area contributed by atoms with Gasteiger partial charge in [-0.3, -0.25) is 4.79 Å². The Morgan fingerprint density at radius 3 is 2.81 bits per heavy atom. The van der Waals surface area contributed by atoms with Gasteiger partial charge in [0.05, 0.1) is 34.9 Å². The standard InChI is InChI=1S/C18H16ClFN4O3/c1-10-14(17(25)23-13-3-2-11(20)8-12(13)19)15-16(21-9-22-18(15)27-10)24-4-6-26-7-5-24/h2-3,8-9H,4-7H2,1H3,(H,23,25). The van der Waals surface area contributed by atoms with E-state index in [1.165, 1.54) is 18.5 Å². The highest BCUT2D eigenvalue weighted by molar-refractivity contribution is 6.34. The monoisotopic (exact) mass is 390 g/mol. The van der Waals surface area contributed by atoms with Crippen molar-refractivity contribution in [2.75, 3.05) is 36.5 Å². The van der Waals surface area contributed by atoms with Gasteiger partial charge in [0, 0.05) is 13.1 Å². The lowest BCUT2D eigenvalue weighted by atomic mass is 10.1. The van der Waals surface area contributed by atoms with E-state index in [0.717, 1.165) is 6.07 Å². The van der Waals surface area contributed by atoms with E-state index in [1.807, 2.05) is 4.90 Å². The molecule has 1 fully saturated rings. The Morgan fingerprint density at radius 2 is 2.07 bits per heavy atom. The fraction of sp³-hybridized carbons (Fsp3) is 0.278. The van der Waals surface area contributed by atoms with Gasteiger partial charge in [-0.05, 0) is 25.1 Å². The number of amides is 1. The molecule has 0 saturated carbocycles. The third-order valence-electron chi connectivity index (χ3n) is 4.36. The minimum Gasteiger partial charge on any atom is -0.442 e. The molecule has 1 aliphatic heterocycles. The Balaban J connectivity index is 1.76. The summed E-state index contributed by atoms with van der Waals surface area (Å²) in [6, 6.07) is 3.77. The zero-order chi connectivity index (χ0) is 19.0. The average molecular weight is 391 g/mol. The maximum absolute atomic E-state index is 13.2. The van der Waals surface area contributed by atoms with E-state index in [0.29, 0.717) is 60.2 Å². The molecule has 0 aliphatic carbocycles. The number of rotatable bonds is 3. The van der Waals surface area contributed by atoms with Crippen LogP contribution in [0.5, 0.6) is 0 Å². The number of carbonyl (C=O) groups excluding carboxylic acids is 1. The molecule has 1 saturated heterocycles. The highest BCUT2D eigenvalue weighted by atomic mass is 35.5. The van der Waals surface area contributed by atoms with Gasteiger partial charge in [0.2, 0.25) is 5.71 Å². The molecule has 1 amide bonds. The molecule has 3 aromatic rings. The van der Waals surface area contributed by atoms with Crippen molar-refractivity contribution >= 4 is 40.1 Å². The molecule has 2 aromatic heterocycles. The zero-order valence-corrected chi connectivity index (χ0v) is 15.2. The minimum atomic E-state index is -0.481. The highest BCUT2D eigenvalue weighted by Crippen LogP contribution is 2.33. The van der Waals surface area contributed by atoms with Crippen LogP contribution >= 0.6 is 11.6 Å². The largest absolute Gasteiger partial charge is 0.442 e. The number of aryl methyl sites for hydroxylation is 1. The van der Waals surface area contributed by atoms with Crippen LogP contribution in [0.2, 0.25) is 5.02 Å². The van der Waals surface area contributed by atoms with Crippen molar-refractivity contribution in [2.45, 2.75) is 6.92 Å². The van der Waals surface area contributed by atoms with Crippen LogP contribution in [0, 0.1) is 12.7 Å². The van der Waals surface area contributed by atoms with Gasteiger partial charge in [0.15, 0.2) is 0 Å². The molecule has 1 N–H and O–H groups in total. The summed E-state index contributed by atoms with van der Waals surface area (Å²) in [5, 5.41) is 3.35. The number of morpholine rings is 1. The van der Waals surface area contributed by atoms with Crippen molar-refractivity contribution in [2.24, 2.45) is 0 Å². The van der Waals surface area contributed by atoms with Crippen LogP contribution < -0.4 is 10.2 Å². The van der Waals surface area contributed by atoms with Gasteiger partial charge in [0.25, 0.3) is 5.91 Å². The van der Waals surface area contributed by atoms with E-state index >= 15 is 0 Å². The fourth-order valence-corrected chi connectivity index (χ4v) is 3.31. The second-order valence-electron chi connectivity index (χ2n) is 6.09. The molecule has 0 spiro atoms. The highest BCUT2D eigenvalue weighted by Gasteiger charge is 2.26.